The van der Waals surface area contributed by atoms with Crippen molar-refractivity contribution in [3.63, 3.8) is 0 Å². The van der Waals surface area contributed by atoms with Gasteiger partial charge in [0.05, 0.1) is 0 Å². The van der Waals surface area contributed by atoms with E-state index in [4.69, 9.17) is 8.23 Å². The first kappa shape index (κ1) is 13.6. The Balaban J connectivity index is 4.16. The summed E-state index contributed by atoms with van der Waals surface area (Å²) in [6, 6.07) is 1.17. The Kier molecular flexibility index (Phi) is 5.09. The Labute approximate surface area is 86.8 Å². The molecule has 1 radical (unpaired) electrons. The minimum absolute atomic E-state index is 0.612. The number of hydrogen-bond donors (Lipinski definition) is 0. The second kappa shape index (κ2) is 4.88. The molecule has 0 aromatic carbocycles. The van der Waals surface area contributed by atoms with Crippen molar-refractivity contribution in [3.05, 3.63) is 0 Å². The van der Waals surface area contributed by atoms with E-state index in [1.807, 2.05) is 0 Å². The van der Waals surface area contributed by atoms with Crippen molar-refractivity contribution in [2.24, 2.45) is 0 Å². The van der Waals surface area contributed by atoms with Gasteiger partial charge in [0.15, 0.2) is 17.4 Å². The summed E-state index contributed by atoms with van der Waals surface area (Å²) in [5, 5.41) is 0. The summed E-state index contributed by atoms with van der Waals surface area (Å²) in [5.74, 6) is 0. The fraction of sp³-hybridized carbons (Fsp3) is 1.00. The van der Waals surface area contributed by atoms with Crippen molar-refractivity contribution in [2.75, 3.05) is 0 Å². The summed E-state index contributed by atoms with van der Waals surface area (Å²) in [7, 11) is -3.85. The Morgan fingerprint density at radius 1 is 1.08 bits per heavy atom. The van der Waals surface area contributed by atoms with Crippen LogP contribution in [-0.4, -0.2) is 25.9 Å². The molecule has 0 saturated heterocycles. The van der Waals surface area contributed by atoms with Crippen LogP contribution in [0.15, 0.2) is 0 Å². The van der Waals surface area contributed by atoms with E-state index in [1.54, 1.807) is 0 Å². The fourth-order valence-corrected chi connectivity index (χ4v) is 11.6. The van der Waals surface area contributed by atoms with Gasteiger partial charge in [-0.3, -0.25) is 0 Å². The molecule has 0 rings (SSSR count). The largest absolute Gasteiger partial charge is 0.437 e. The molecule has 0 amide bonds. The summed E-state index contributed by atoms with van der Waals surface area (Å²) in [5.41, 5.74) is 0. The molecule has 0 bridgehead atoms. The predicted molar refractivity (Wildman–Crippen MR) is 65.1 cm³/mol. The van der Waals surface area contributed by atoms with E-state index in [2.05, 4.69) is 46.2 Å². The second-order valence-electron chi connectivity index (χ2n) is 4.63. The first-order valence-electron chi connectivity index (χ1n) is 4.88. The van der Waals surface area contributed by atoms with E-state index in [0.717, 1.165) is 0 Å². The van der Waals surface area contributed by atoms with Crippen LogP contribution in [0.5, 0.6) is 0 Å². The predicted octanol–water partition coefficient (Wildman–Crippen LogP) is 3.20. The average Bonchev–Trinajstić information content (AvgIpc) is 1.81. The molecule has 0 unspecified atom stereocenters. The van der Waals surface area contributed by atoms with Gasteiger partial charge in [-0.25, -0.2) is 0 Å². The van der Waals surface area contributed by atoms with Crippen molar-refractivity contribution in [3.8, 4) is 0 Å². The zero-order valence-corrected chi connectivity index (χ0v) is 13.0. The van der Waals surface area contributed by atoms with Crippen LogP contribution in [0.2, 0.25) is 45.3 Å². The van der Waals surface area contributed by atoms with E-state index in [9.17, 15) is 0 Å². The van der Waals surface area contributed by atoms with Gasteiger partial charge in [-0.15, -0.1) is 0 Å². The van der Waals surface area contributed by atoms with Crippen molar-refractivity contribution < 1.29 is 8.23 Å². The third-order valence-electron chi connectivity index (χ3n) is 1.82. The van der Waals surface area contributed by atoms with Crippen LogP contribution in [-0.2, 0) is 8.23 Å². The lowest BCUT2D eigenvalue weighted by Gasteiger charge is -2.33. The van der Waals surface area contributed by atoms with Crippen molar-refractivity contribution in [2.45, 2.75) is 52.2 Å². The van der Waals surface area contributed by atoms with E-state index in [-0.39, 0.29) is 0 Å². The molecule has 0 spiro atoms. The van der Waals surface area contributed by atoms with Gasteiger partial charge in [-0.2, -0.15) is 0 Å². The zero-order valence-electron chi connectivity index (χ0n) is 10.0. The first-order chi connectivity index (χ1) is 5.68. The summed E-state index contributed by atoms with van der Waals surface area (Å²) in [4.78, 5) is 0. The normalized spacial score (nSPS) is 13.8. The molecule has 0 aliphatic rings. The van der Waals surface area contributed by atoms with E-state index >= 15 is 0 Å². The number of hydrogen-bond acceptors (Lipinski definition) is 2. The zero-order chi connectivity index (χ0) is 10.7. The lowest BCUT2D eigenvalue weighted by Crippen LogP contribution is -2.48. The Morgan fingerprint density at radius 3 is 1.85 bits per heavy atom. The molecule has 0 aromatic heterocycles. The standard InChI is InChI=1S/C8H23O2Si3/c1-8-12(4,5)10-13(6,7)9-11(2)3/h8H2,1-7H3. The Bertz CT molecular complexity index is 157. The molecule has 0 saturated carbocycles. The average molecular weight is 236 g/mol. The van der Waals surface area contributed by atoms with E-state index in [0.29, 0.717) is 0 Å². The molecule has 0 N–H and O–H groups in total. The third-order valence-corrected chi connectivity index (χ3v) is 11.3. The lowest BCUT2D eigenvalue weighted by atomic mass is 11.0. The lowest BCUT2D eigenvalue weighted by molar-refractivity contribution is 0.401. The summed E-state index contributed by atoms with van der Waals surface area (Å²) >= 11 is 0. The first-order valence-corrected chi connectivity index (χ1v) is 13.2. The van der Waals surface area contributed by atoms with Crippen molar-refractivity contribution in [1.29, 1.82) is 0 Å². The maximum atomic E-state index is 6.17. The van der Waals surface area contributed by atoms with Gasteiger partial charge in [-0.05, 0) is 45.3 Å². The van der Waals surface area contributed by atoms with Gasteiger partial charge in [0.1, 0.15) is 0 Å². The van der Waals surface area contributed by atoms with Crippen LogP contribution in [0, 0.1) is 0 Å². The monoisotopic (exact) mass is 235 g/mol. The van der Waals surface area contributed by atoms with Crippen molar-refractivity contribution >= 4 is 25.9 Å². The molecule has 79 valence electrons. The Hall–Kier alpha value is 0.571. The SMILES string of the molecule is CC[Si](C)(C)O[Si](C)(C)O[Si](C)C. The van der Waals surface area contributed by atoms with E-state index in [1.165, 1.54) is 6.04 Å². The maximum absolute atomic E-state index is 6.17. The van der Waals surface area contributed by atoms with E-state index < -0.39 is 25.9 Å². The molecule has 0 atom stereocenters. The third kappa shape index (κ3) is 6.62. The van der Waals surface area contributed by atoms with Gasteiger partial charge < -0.3 is 8.23 Å². The highest BCUT2D eigenvalue weighted by Gasteiger charge is 2.33. The van der Waals surface area contributed by atoms with Crippen LogP contribution in [0.3, 0.4) is 0 Å². The summed E-state index contributed by atoms with van der Waals surface area (Å²) in [6.07, 6.45) is 0. The molecule has 5 heteroatoms. The molecular weight excluding hydrogens is 212 g/mol. The van der Waals surface area contributed by atoms with Crippen LogP contribution in [0.25, 0.3) is 0 Å². The van der Waals surface area contributed by atoms with Gasteiger partial charge in [-0.1, -0.05) is 6.92 Å². The highest BCUT2D eigenvalue weighted by Crippen LogP contribution is 2.19. The van der Waals surface area contributed by atoms with Crippen LogP contribution in [0.1, 0.15) is 6.92 Å². The quantitative estimate of drug-likeness (QED) is 0.681. The van der Waals surface area contributed by atoms with Gasteiger partial charge in [0, 0.05) is 0 Å². The Morgan fingerprint density at radius 2 is 1.54 bits per heavy atom. The molecule has 0 heterocycles. The molecule has 0 aromatic rings. The van der Waals surface area contributed by atoms with Crippen molar-refractivity contribution in [1.82, 2.24) is 0 Å². The smallest absolute Gasteiger partial charge is 0.311 e. The van der Waals surface area contributed by atoms with Gasteiger partial charge in [0.25, 0.3) is 0 Å². The minimum Gasteiger partial charge on any atom is -0.437 e. The highest BCUT2D eigenvalue weighted by molar-refractivity contribution is 6.84. The van der Waals surface area contributed by atoms with Crippen LogP contribution < -0.4 is 0 Å². The minimum atomic E-state index is -1.82. The fourth-order valence-electron chi connectivity index (χ4n) is 1.25. The molecule has 0 aliphatic heterocycles. The summed E-state index contributed by atoms with van der Waals surface area (Å²) < 4.78 is 12.1. The molecular formula is C8H23O2Si3. The molecule has 2 nitrogen and oxygen atoms in total. The number of rotatable bonds is 5. The topological polar surface area (TPSA) is 18.5 Å². The highest BCUT2D eigenvalue weighted by atomic mass is 28.5. The molecule has 0 fully saturated rings. The molecule has 13 heavy (non-hydrogen) atoms. The maximum Gasteiger partial charge on any atom is 0.311 e. The second-order valence-corrected chi connectivity index (χ2v) is 15.1. The van der Waals surface area contributed by atoms with Gasteiger partial charge >= 0.3 is 8.56 Å². The summed E-state index contributed by atoms with van der Waals surface area (Å²) in [6.45, 7) is 15.4. The van der Waals surface area contributed by atoms with Crippen LogP contribution in [0.4, 0.5) is 0 Å². The molecule has 0 aliphatic carbocycles. The van der Waals surface area contributed by atoms with Crippen LogP contribution >= 0.6 is 0 Å². The van der Waals surface area contributed by atoms with Gasteiger partial charge in [0.2, 0.25) is 0 Å².